The predicted octanol–water partition coefficient (Wildman–Crippen LogP) is 1.46. The zero-order chi connectivity index (χ0) is 17.8. The van der Waals surface area contributed by atoms with Crippen molar-refractivity contribution in [3.63, 3.8) is 0 Å². The number of aromatic nitrogens is 2. The van der Waals surface area contributed by atoms with Gasteiger partial charge in [-0.3, -0.25) is 9.59 Å². The molecule has 0 saturated carbocycles. The molecule has 1 aliphatic heterocycles. The van der Waals surface area contributed by atoms with Crippen molar-refractivity contribution in [2.75, 3.05) is 26.7 Å². The highest BCUT2D eigenvalue weighted by molar-refractivity contribution is 5.97. The van der Waals surface area contributed by atoms with Gasteiger partial charge in [-0.25, -0.2) is 4.68 Å². The minimum Gasteiger partial charge on any atom is -0.364 e. The van der Waals surface area contributed by atoms with Crippen molar-refractivity contribution in [2.45, 2.75) is 12.8 Å². The minimum absolute atomic E-state index is 0. The number of piperidine rings is 1. The number of hydrogen-bond acceptors (Lipinski definition) is 4. The molecule has 1 aromatic carbocycles. The zero-order valence-electron chi connectivity index (χ0n) is 14.7. The van der Waals surface area contributed by atoms with E-state index in [1.54, 1.807) is 4.90 Å². The van der Waals surface area contributed by atoms with Gasteiger partial charge in [0.2, 0.25) is 0 Å². The van der Waals surface area contributed by atoms with Crippen LogP contribution in [0.15, 0.2) is 36.4 Å². The summed E-state index contributed by atoms with van der Waals surface area (Å²) in [6.07, 6.45) is 1.93. The smallest absolute Gasteiger partial charge is 0.274 e. The van der Waals surface area contributed by atoms with Gasteiger partial charge in [-0.05, 0) is 44.5 Å². The third kappa shape index (κ3) is 4.23. The van der Waals surface area contributed by atoms with Crippen LogP contribution in [0.4, 0.5) is 0 Å². The van der Waals surface area contributed by atoms with Gasteiger partial charge < -0.3 is 16.0 Å². The third-order valence-electron chi connectivity index (χ3n) is 4.58. The molecule has 0 bridgehead atoms. The lowest BCUT2D eigenvalue weighted by Crippen LogP contribution is -2.40. The highest BCUT2D eigenvalue weighted by atomic mass is 35.5. The average molecular weight is 378 g/mol. The molecule has 0 radical (unpaired) electrons. The molecule has 8 heteroatoms. The van der Waals surface area contributed by atoms with E-state index < -0.39 is 5.91 Å². The van der Waals surface area contributed by atoms with Crippen molar-refractivity contribution in [1.29, 1.82) is 0 Å². The Bertz CT molecular complexity index is 754. The molecule has 2 amide bonds. The summed E-state index contributed by atoms with van der Waals surface area (Å²) >= 11 is 0. The highest BCUT2D eigenvalue weighted by Crippen LogP contribution is 2.19. The molecule has 0 aliphatic carbocycles. The van der Waals surface area contributed by atoms with Gasteiger partial charge in [-0.1, -0.05) is 18.2 Å². The number of hydrogen-bond donors (Lipinski definition) is 2. The molecule has 0 unspecified atom stereocenters. The Kier molecular flexibility index (Phi) is 6.76. The molecule has 0 spiro atoms. The lowest BCUT2D eigenvalue weighted by Gasteiger charge is -2.31. The molecule has 3 N–H and O–H groups in total. The van der Waals surface area contributed by atoms with Gasteiger partial charge in [0, 0.05) is 19.2 Å². The molecular formula is C18H24ClN5O2. The fourth-order valence-electron chi connectivity index (χ4n) is 3.22. The first-order valence-corrected chi connectivity index (χ1v) is 8.49. The molecular weight excluding hydrogens is 354 g/mol. The van der Waals surface area contributed by atoms with Crippen molar-refractivity contribution in [3.05, 3.63) is 47.8 Å². The largest absolute Gasteiger partial charge is 0.364 e. The van der Waals surface area contributed by atoms with Crippen LogP contribution in [-0.2, 0) is 0 Å². The Labute approximate surface area is 159 Å². The van der Waals surface area contributed by atoms with E-state index >= 15 is 0 Å². The summed E-state index contributed by atoms with van der Waals surface area (Å²) in [7, 11) is 1.94. The Morgan fingerprint density at radius 2 is 1.88 bits per heavy atom. The van der Waals surface area contributed by atoms with Crippen LogP contribution in [0.1, 0.15) is 33.8 Å². The Morgan fingerprint density at radius 1 is 1.23 bits per heavy atom. The number of rotatable bonds is 5. The summed E-state index contributed by atoms with van der Waals surface area (Å²) < 4.78 is 1.43. The second kappa shape index (κ2) is 8.82. The standard InChI is InChI=1S/C18H23N5O2.ClH/c1-20-12-13-7-9-22(10-8-13)18(25)15-11-16(17(19)24)23(21-15)14-5-3-2-4-6-14;/h2-6,11,13,20H,7-10,12H2,1H3,(H2,19,24);1H. The zero-order valence-corrected chi connectivity index (χ0v) is 15.5. The van der Waals surface area contributed by atoms with Crippen molar-refractivity contribution in [1.82, 2.24) is 20.0 Å². The van der Waals surface area contributed by atoms with Crippen LogP contribution in [0, 0.1) is 5.92 Å². The summed E-state index contributed by atoms with van der Waals surface area (Å²) in [5.41, 5.74) is 6.62. The molecule has 1 aromatic heterocycles. The van der Waals surface area contributed by atoms with Crippen LogP contribution in [0.5, 0.6) is 0 Å². The first-order valence-electron chi connectivity index (χ1n) is 8.49. The number of para-hydroxylation sites is 1. The maximum absolute atomic E-state index is 12.8. The molecule has 2 heterocycles. The number of benzene rings is 1. The second-order valence-electron chi connectivity index (χ2n) is 6.32. The molecule has 7 nitrogen and oxygen atoms in total. The van der Waals surface area contributed by atoms with Crippen molar-refractivity contribution in [2.24, 2.45) is 11.7 Å². The number of halogens is 1. The number of primary amides is 1. The number of likely N-dealkylation sites (tertiary alicyclic amines) is 1. The summed E-state index contributed by atoms with van der Waals surface area (Å²) in [4.78, 5) is 26.3. The third-order valence-corrected chi connectivity index (χ3v) is 4.58. The maximum Gasteiger partial charge on any atom is 0.274 e. The minimum atomic E-state index is -0.608. The fraction of sp³-hybridized carbons (Fsp3) is 0.389. The number of amides is 2. The Hall–Kier alpha value is -2.38. The molecule has 3 rings (SSSR count). The van der Waals surface area contributed by atoms with Crippen molar-refractivity contribution in [3.8, 4) is 5.69 Å². The molecule has 1 fully saturated rings. The van der Waals surface area contributed by atoms with E-state index in [1.165, 1.54) is 10.7 Å². The van der Waals surface area contributed by atoms with Crippen molar-refractivity contribution < 1.29 is 9.59 Å². The molecule has 2 aromatic rings. The van der Waals surface area contributed by atoms with E-state index in [1.807, 2.05) is 37.4 Å². The SMILES string of the molecule is CNCC1CCN(C(=O)c2cc(C(N)=O)n(-c3ccccc3)n2)CC1.Cl. The van der Waals surface area contributed by atoms with E-state index in [0.717, 1.165) is 19.4 Å². The summed E-state index contributed by atoms with van der Waals surface area (Å²) in [5, 5.41) is 7.53. The fourth-order valence-corrected chi connectivity index (χ4v) is 3.22. The van der Waals surface area contributed by atoms with E-state index in [4.69, 9.17) is 5.73 Å². The molecule has 140 valence electrons. The Morgan fingerprint density at radius 3 is 2.46 bits per heavy atom. The summed E-state index contributed by atoms with van der Waals surface area (Å²) in [6, 6.07) is 10.7. The van der Waals surface area contributed by atoms with E-state index in [2.05, 4.69) is 10.4 Å². The topological polar surface area (TPSA) is 93.3 Å². The molecule has 1 saturated heterocycles. The quantitative estimate of drug-likeness (QED) is 0.825. The lowest BCUT2D eigenvalue weighted by atomic mass is 9.96. The van der Waals surface area contributed by atoms with E-state index in [0.29, 0.717) is 24.7 Å². The molecule has 1 aliphatic rings. The number of nitrogens with one attached hydrogen (secondary N) is 1. The maximum atomic E-state index is 12.8. The van der Waals surface area contributed by atoms with Crippen LogP contribution in [0.3, 0.4) is 0 Å². The lowest BCUT2D eigenvalue weighted by molar-refractivity contribution is 0.0684. The molecule has 0 atom stereocenters. The number of carbonyl (C=O) groups is 2. The number of nitrogens with two attached hydrogens (primary N) is 1. The van der Waals surface area contributed by atoms with Crippen LogP contribution < -0.4 is 11.1 Å². The van der Waals surface area contributed by atoms with Gasteiger partial charge in [0.15, 0.2) is 5.69 Å². The van der Waals surface area contributed by atoms with E-state index in [-0.39, 0.29) is 29.7 Å². The van der Waals surface area contributed by atoms with Gasteiger partial charge >= 0.3 is 0 Å². The first-order chi connectivity index (χ1) is 12.1. The van der Waals surface area contributed by atoms with Crippen LogP contribution >= 0.6 is 12.4 Å². The van der Waals surface area contributed by atoms with Gasteiger partial charge in [0.25, 0.3) is 11.8 Å². The first kappa shape index (κ1) is 19.9. The van der Waals surface area contributed by atoms with Crippen LogP contribution in [0.25, 0.3) is 5.69 Å². The molecule has 26 heavy (non-hydrogen) atoms. The average Bonchev–Trinajstić information content (AvgIpc) is 3.08. The van der Waals surface area contributed by atoms with Crippen molar-refractivity contribution >= 4 is 24.2 Å². The summed E-state index contributed by atoms with van der Waals surface area (Å²) in [6.45, 7) is 2.38. The van der Waals surface area contributed by atoms with Crippen LogP contribution in [0.2, 0.25) is 0 Å². The number of nitrogens with zero attached hydrogens (tertiary/aromatic N) is 3. The van der Waals surface area contributed by atoms with Gasteiger partial charge in [0.1, 0.15) is 5.69 Å². The summed E-state index contributed by atoms with van der Waals surface area (Å²) in [5.74, 6) is -0.166. The number of carbonyl (C=O) groups excluding carboxylic acids is 2. The van der Waals surface area contributed by atoms with Crippen LogP contribution in [-0.4, -0.2) is 53.2 Å². The second-order valence-corrected chi connectivity index (χ2v) is 6.32. The van der Waals surface area contributed by atoms with Gasteiger partial charge in [0.05, 0.1) is 5.69 Å². The Balaban J connectivity index is 0.00000243. The van der Waals surface area contributed by atoms with E-state index in [9.17, 15) is 9.59 Å². The van der Waals surface area contributed by atoms with Gasteiger partial charge in [-0.15, -0.1) is 12.4 Å². The highest BCUT2D eigenvalue weighted by Gasteiger charge is 2.26. The monoisotopic (exact) mass is 377 g/mol. The normalized spacial score (nSPS) is 14.7. The predicted molar refractivity (Wildman–Crippen MR) is 102 cm³/mol. The van der Waals surface area contributed by atoms with Gasteiger partial charge in [-0.2, -0.15) is 5.10 Å².